The summed E-state index contributed by atoms with van der Waals surface area (Å²) in [6.45, 7) is 6.05. The summed E-state index contributed by atoms with van der Waals surface area (Å²) in [5.41, 5.74) is 1.19. The third-order valence-electron chi connectivity index (χ3n) is 5.20. The molecule has 2 rings (SSSR count). The Labute approximate surface area is 178 Å². The molecule has 0 saturated carbocycles. The van der Waals surface area contributed by atoms with Crippen LogP contribution in [-0.2, 0) is 22.6 Å². The Kier molecular flexibility index (Phi) is 8.84. The number of nitrogens with one attached hydrogen (secondary N) is 1. The molecular formula is C24H31FN2O3. The molecule has 6 heteroatoms. The minimum Gasteiger partial charge on any atom is -0.497 e. The van der Waals surface area contributed by atoms with Gasteiger partial charge >= 0.3 is 0 Å². The summed E-state index contributed by atoms with van der Waals surface area (Å²) < 4.78 is 19.3. The molecule has 0 bridgehead atoms. The van der Waals surface area contributed by atoms with E-state index in [1.165, 1.54) is 6.07 Å². The molecule has 2 amide bonds. The van der Waals surface area contributed by atoms with E-state index >= 15 is 0 Å². The summed E-state index contributed by atoms with van der Waals surface area (Å²) in [5, 5.41) is 2.97. The van der Waals surface area contributed by atoms with Crippen LogP contribution in [0.5, 0.6) is 5.75 Å². The lowest BCUT2D eigenvalue weighted by molar-refractivity contribution is -0.141. The van der Waals surface area contributed by atoms with Crippen LogP contribution in [0.3, 0.4) is 0 Å². The molecule has 0 aliphatic rings. The van der Waals surface area contributed by atoms with Gasteiger partial charge in [0.15, 0.2) is 0 Å². The van der Waals surface area contributed by atoms with Crippen LogP contribution in [0, 0.1) is 5.82 Å². The minimum absolute atomic E-state index is 0.0102. The smallest absolute Gasteiger partial charge is 0.243 e. The molecule has 0 spiro atoms. The van der Waals surface area contributed by atoms with Gasteiger partial charge in [0.25, 0.3) is 0 Å². The molecule has 0 aliphatic carbocycles. The first-order valence-electron chi connectivity index (χ1n) is 10.4. The van der Waals surface area contributed by atoms with Crippen LogP contribution in [0.1, 0.15) is 44.7 Å². The van der Waals surface area contributed by atoms with Crippen molar-refractivity contribution in [2.75, 3.05) is 7.11 Å². The molecule has 2 aromatic rings. The van der Waals surface area contributed by atoms with E-state index in [2.05, 4.69) is 5.32 Å². The van der Waals surface area contributed by atoms with Crippen LogP contribution in [0.15, 0.2) is 48.5 Å². The van der Waals surface area contributed by atoms with Crippen molar-refractivity contribution in [2.24, 2.45) is 0 Å². The number of hydrogen-bond donors (Lipinski definition) is 1. The number of ether oxygens (including phenoxy) is 1. The Balaban J connectivity index is 2.30. The largest absolute Gasteiger partial charge is 0.497 e. The van der Waals surface area contributed by atoms with Gasteiger partial charge in [0, 0.05) is 12.6 Å². The first-order valence-corrected chi connectivity index (χ1v) is 10.4. The molecule has 5 nitrogen and oxygen atoms in total. The van der Waals surface area contributed by atoms with Crippen LogP contribution in [0.4, 0.5) is 4.39 Å². The zero-order valence-corrected chi connectivity index (χ0v) is 18.2. The quantitative estimate of drug-likeness (QED) is 0.637. The van der Waals surface area contributed by atoms with Crippen molar-refractivity contribution in [3.8, 4) is 5.75 Å². The van der Waals surface area contributed by atoms with Crippen LogP contribution in [0.2, 0.25) is 0 Å². The number of methoxy groups -OCH3 is 1. The van der Waals surface area contributed by atoms with E-state index in [-0.39, 0.29) is 30.8 Å². The molecule has 0 radical (unpaired) electrons. The van der Waals surface area contributed by atoms with Gasteiger partial charge in [0.1, 0.15) is 17.6 Å². The fourth-order valence-corrected chi connectivity index (χ4v) is 3.19. The predicted molar refractivity (Wildman–Crippen MR) is 116 cm³/mol. The van der Waals surface area contributed by atoms with E-state index in [1.807, 2.05) is 45.0 Å². The fourth-order valence-electron chi connectivity index (χ4n) is 3.19. The molecule has 30 heavy (non-hydrogen) atoms. The highest BCUT2D eigenvalue weighted by molar-refractivity contribution is 5.88. The normalized spacial score (nSPS) is 12.7. The van der Waals surface area contributed by atoms with Crippen LogP contribution >= 0.6 is 0 Å². The van der Waals surface area contributed by atoms with E-state index in [9.17, 15) is 14.0 Å². The van der Waals surface area contributed by atoms with Crippen molar-refractivity contribution in [3.63, 3.8) is 0 Å². The second kappa shape index (κ2) is 11.3. The van der Waals surface area contributed by atoms with E-state index in [4.69, 9.17) is 4.74 Å². The number of benzene rings is 2. The second-order valence-corrected chi connectivity index (χ2v) is 7.38. The summed E-state index contributed by atoms with van der Waals surface area (Å²) in [6.07, 6.45) is 1.15. The van der Waals surface area contributed by atoms with Gasteiger partial charge in [0.2, 0.25) is 11.8 Å². The summed E-state index contributed by atoms with van der Waals surface area (Å²) in [4.78, 5) is 27.7. The summed E-state index contributed by atoms with van der Waals surface area (Å²) >= 11 is 0. The maximum atomic E-state index is 14.1. The highest BCUT2D eigenvalue weighted by Gasteiger charge is 2.29. The lowest BCUT2D eigenvalue weighted by Crippen LogP contribution is -2.51. The lowest BCUT2D eigenvalue weighted by Gasteiger charge is -2.31. The van der Waals surface area contributed by atoms with Gasteiger partial charge in [-0.3, -0.25) is 9.59 Å². The van der Waals surface area contributed by atoms with Gasteiger partial charge in [-0.15, -0.1) is 0 Å². The van der Waals surface area contributed by atoms with Crippen molar-refractivity contribution in [1.82, 2.24) is 10.2 Å². The van der Waals surface area contributed by atoms with Gasteiger partial charge in [-0.05, 0) is 49.1 Å². The van der Waals surface area contributed by atoms with Crippen molar-refractivity contribution < 1.29 is 18.7 Å². The number of halogens is 1. The van der Waals surface area contributed by atoms with Crippen molar-refractivity contribution in [1.29, 1.82) is 0 Å². The number of nitrogens with zero attached hydrogens (tertiary/aromatic N) is 1. The number of amides is 2. The summed E-state index contributed by atoms with van der Waals surface area (Å²) in [7, 11) is 1.59. The van der Waals surface area contributed by atoms with Gasteiger partial charge in [0.05, 0.1) is 13.5 Å². The van der Waals surface area contributed by atoms with Gasteiger partial charge in [-0.2, -0.15) is 0 Å². The van der Waals surface area contributed by atoms with E-state index in [1.54, 1.807) is 30.2 Å². The van der Waals surface area contributed by atoms with Crippen LogP contribution in [0.25, 0.3) is 0 Å². The van der Waals surface area contributed by atoms with Crippen molar-refractivity contribution in [3.05, 3.63) is 65.5 Å². The van der Waals surface area contributed by atoms with Crippen LogP contribution < -0.4 is 10.1 Å². The molecule has 2 atom stereocenters. The Hall–Kier alpha value is -2.89. The topological polar surface area (TPSA) is 58.6 Å². The fraction of sp³-hybridized carbons (Fsp3) is 0.417. The van der Waals surface area contributed by atoms with E-state index < -0.39 is 11.9 Å². The summed E-state index contributed by atoms with van der Waals surface area (Å²) in [5.74, 6) is -0.193. The third kappa shape index (κ3) is 6.31. The monoisotopic (exact) mass is 414 g/mol. The molecule has 0 saturated heterocycles. The Morgan fingerprint density at radius 2 is 1.73 bits per heavy atom. The first-order chi connectivity index (χ1) is 14.4. The van der Waals surface area contributed by atoms with Crippen molar-refractivity contribution in [2.45, 2.75) is 58.7 Å². The Morgan fingerprint density at radius 1 is 1.07 bits per heavy atom. The van der Waals surface area contributed by atoms with E-state index in [0.29, 0.717) is 17.7 Å². The molecular weight excluding hydrogens is 383 g/mol. The average molecular weight is 415 g/mol. The van der Waals surface area contributed by atoms with Gasteiger partial charge in [-0.1, -0.05) is 44.2 Å². The average Bonchev–Trinajstić information content (AvgIpc) is 2.75. The number of rotatable bonds is 10. The van der Waals surface area contributed by atoms with Gasteiger partial charge in [-0.25, -0.2) is 4.39 Å². The highest BCUT2D eigenvalue weighted by Crippen LogP contribution is 2.18. The standard InChI is InChI=1S/C24H31FN2O3/c1-5-17(3)26-24(29)22(6-2)27(16-18-11-13-20(30-4)14-12-18)23(28)15-19-9-7-8-10-21(19)25/h7-14,17,22H,5-6,15-16H2,1-4H3,(H,26,29)/t17-,22-/m1/s1. The molecule has 162 valence electrons. The molecule has 0 fully saturated rings. The highest BCUT2D eigenvalue weighted by atomic mass is 19.1. The molecule has 1 N–H and O–H groups in total. The SMILES string of the molecule is CC[C@@H](C)NC(=O)[C@@H](CC)N(Cc1ccc(OC)cc1)C(=O)Cc1ccccc1F. The van der Waals surface area contributed by atoms with Crippen LogP contribution in [-0.4, -0.2) is 35.9 Å². The Morgan fingerprint density at radius 3 is 2.30 bits per heavy atom. The molecule has 0 unspecified atom stereocenters. The summed E-state index contributed by atoms with van der Waals surface area (Å²) in [6, 6.07) is 12.9. The van der Waals surface area contributed by atoms with E-state index in [0.717, 1.165) is 12.0 Å². The Bertz CT molecular complexity index is 839. The molecule has 0 aromatic heterocycles. The second-order valence-electron chi connectivity index (χ2n) is 7.38. The number of carbonyl (C=O) groups is 2. The zero-order valence-electron chi connectivity index (χ0n) is 18.2. The zero-order chi connectivity index (χ0) is 22.1. The molecule has 0 heterocycles. The predicted octanol–water partition coefficient (Wildman–Crippen LogP) is 4.10. The number of carbonyl (C=O) groups excluding carboxylic acids is 2. The van der Waals surface area contributed by atoms with Gasteiger partial charge < -0.3 is 15.0 Å². The lowest BCUT2D eigenvalue weighted by atomic mass is 10.1. The first kappa shape index (κ1) is 23.4. The molecule has 2 aromatic carbocycles. The maximum absolute atomic E-state index is 14.1. The maximum Gasteiger partial charge on any atom is 0.243 e. The minimum atomic E-state index is -0.639. The van der Waals surface area contributed by atoms with Crippen molar-refractivity contribution >= 4 is 11.8 Å². The molecule has 0 aliphatic heterocycles. The number of hydrogen-bond acceptors (Lipinski definition) is 3. The third-order valence-corrected chi connectivity index (χ3v) is 5.20.